The van der Waals surface area contributed by atoms with Gasteiger partial charge in [0, 0.05) is 7.05 Å². The second kappa shape index (κ2) is 4.43. The lowest BCUT2D eigenvalue weighted by molar-refractivity contribution is 0.308. The number of amidine groups is 1. The Morgan fingerprint density at radius 2 is 2.31 bits per heavy atom. The van der Waals surface area contributed by atoms with Crippen molar-refractivity contribution in [3.05, 3.63) is 29.3 Å². The largest absolute Gasteiger partial charge is 0.496 e. The van der Waals surface area contributed by atoms with Crippen LogP contribution in [0.5, 0.6) is 5.75 Å². The Labute approximate surface area is 95.3 Å². The Morgan fingerprint density at radius 3 is 2.88 bits per heavy atom. The van der Waals surface area contributed by atoms with E-state index >= 15 is 0 Å². The molecule has 1 heterocycles. The minimum Gasteiger partial charge on any atom is -0.496 e. The Balaban J connectivity index is 2.22. The highest BCUT2D eigenvalue weighted by atomic mass is 16.5. The topological polar surface area (TPSA) is 42.9 Å². The quantitative estimate of drug-likeness (QED) is 0.824. The van der Waals surface area contributed by atoms with Crippen LogP contribution in [-0.2, 0) is 4.74 Å². The van der Waals surface area contributed by atoms with E-state index in [4.69, 9.17) is 9.47 Å². The van der Waals surface area contributed by atoms with Crippen molar-refractivity contribution in [3.63, 3.8) is 0 Å². The maximum atomic E-state index is 5.37. The number of aliphatic imine (C=N–C) groups is 1. The van der Waals surface area contributed by atoms with Gasteiger partial charge in [0.2, 0.25) is 0 Å². The number of benzene rings is 1. The molecule has 1 atom stereocenters. The van der Waals surface area contributed by atoms with Gasteiger partial charge in [-0.1, -0.05) is 12.1 Å². The van der Waals surface area contributed by atoms with Crippen LogP contribution in [0.1, 0.15) is 17.2 Å². The Hall–Kier alpha value is -1.71. The molecule has 4 nitrogen and oxygen atoms in total. The van der Waals surface area contributed by atoms with Crippen molar-refractivity contribution < 1.29 is 9.47 Å². The zero-order valence-electron chi connectivity index (χ0n) is 9.78. The van der Waals surface area contributed by atoms with Gasteiger partial charge < -0.3 is 14.8 Å². The van der Waals surface area contributed by atoms with Gasteiger partial charge in [0.15, 0.2) is 0 Å². The van der Waals surface area contributed by atoms with Crippen LogP contribution in [0.4, 0.5) is 0 Å². The lowest BCUT2D eigenvalue weighted by Crippen LogP contribution is -2.17. The molecule has 0 aliphatic carbocycles. The predicted molar refractivity (Wildman–Crippen MR) is 62.9 cm³/mol. The highest BCUT2D eigenvalue weighted by Gasteiger charge is 2.20. The van der Waals surface area contributed by atoms with Gasteiger partial charge >= 0.3 is 0 Å². The van der Waals surface area contributed by atoms with Gasteiger partial charge in [-0.05, 0) is 24.1 Å². The molecule has 0 amide bonds. The third-order valence-corrected chi connectivity index (χ3v) is 2.67. The average molecular weight is 220 g/mol. The molecule has 0 bridgehead atoms. The number of hydrogen-bond acceptors (Lipinski definition) is 4. The lowest BCUT2D eigenvalue weighted by Gasteiger charge is -2.09. The Kier molecular flexibility index (Phi) is 2.99. The van der Waals surface area contributed by atoms with Crippen molar-refractivity contribution in [2.75, 3.05) is 20.8 Å². The van der Waals surface area contributed by atoms with E-state index < -0.39 is 0 Å². The molecular formula is C12H16N2O2. The maximum absolute atomic E-state index is 5.37. The smallest absolute Gasteiger partial charge is 0.285 e. The van der Waals surface area contributed by atoms with Crippen LogP contribution in [-0.4, -0.2) is 26.8 Å². The molecule has 1 aliphatic heterocycles. The monoisotopic (exact) mass is 220 g/mol. The first-order chi connectivity index (χ1) is 7.74. The summed E-state index contributed by atoms with van der Waals surface area (Å²) in [6.45, 7) is 2.63. The molecule has 4 heteroatoms. The molecule has 16 heavy (non-hydrogen) atoms. The number of nitrogens with one attached hydrogen (secondary N) is 1. The van der Waals surface area contributed by atoms with Gasteiger partial charge in [-0.15, -0.1) is 0 Å². The third-order valence-electron chi connectivity index (χ3n) is 2.67. The highest BCUT2D eigenvalue weighted by Crippen LogP contribution is 2.27. The van der Waals surface area contributed by atoms with Crippen molar-refractivity contribution in [1.82, 2.24) is 5.32 Å². The van der Waals surface area contributed by atoms with Crippen molar-refractivity contribution in [2.24, 2.45) is 4.99 Å². The van der Waals surface area contributed by atoms with Crippen LogP contribution in [0, 0.1) is 6.92 Å². The van der Waals surface area contributed by atoms with Crippen LogP contribution in [0.3, 0.4) is 0 Å². The highest BCUT2D eigenvalue weighted by molar-refractivity contribution is 5.75. The van der Waals surface area contributed by atoms with Crippen molar-refractivity contribution >= 4 is 6.02 Å². The van der Waals surface area contributed by atoms with Crippen LogP contribution < -0.4 is 10.1 Å². The summed E-state index contributed by atoms with van der Waals surface area (Å²) >= 11 is 0. The molecule has 1 unspecified atom stereocenters. The Morgan fingerprint density at radius 1 is 1.50 bits per heavy atom. The van der Waals surface area contributed by atoms with E-state index in [1.165, 1.54) is 0 Å². The fourth-order valence-electron chi connectivity index (χ4n) is 1.79. The van der Waals surface area contributed by atoms with Crippen LogP contribution in [0.25, 0.3) is 0 Å². The number of ether oxygens (including phenoxy) is 2. The van der Waals surface area contributed by atoms with E-state index in [2.05, 4.69) is 16.4 Å². The van der Waals surface area contributed by atoms with Crippen LogP contribution in [0.15, 0.2) is 23.2 Å². The summed E-state index contributed by atoms with van der Waals surface area (Å²) < 4.78 is 10.6. The number of rotatable bonds is 2. The van der Waals surface area contributed by atoms with E-state index in [1.54, 1.807) is 14.2 Å². The number of methoxy groups -OCH3 is 1. The molecular weight excluding hydrogens is 204 g/mol. The van der Waals surface area contributed by atoms with Gasteiger partial charge in [0.1, 0.15) is 18.4 Å². The summed E-state index contributed by atoms with van der Waals surface area (Å²) in [6, 6.07) is 6.79. The molecule has 2 rings (SSSR count). The summed E-state index contributed by atoms with van der Waals surface area (Å²) in [5, 5.41) is 2.90. The molecule has 0 fully saturated rings. The first kappa shape index (κ1) is 10.8. The van der Waals surface area contributed by atoms with Crippen LogP contribution >= 0.6 is 0 Å². The molecule has 86 valence electrons. The summed E-state index contributed by atoms with van der Waals surface area (Å²) in [4.78, 5) is 4.42. The van der Waals surface area contributed by atoms with E-state index in [0.717, 1.165) is 16.9 Å². The van der Waals surface area contributed by atoms with Crippen molar-refractivity contribution in [2.45, 2.75) is 13.0 Å². The third kappa shape index (κ3) is 1.96. The number of aryl methyl sites for hydroxylation is 1. The molecule has 0 saturated carbocycles. The standard InChI is InChI=1S/C12H16N2O2/c1-8-6-9(4-5-11(8)15-3)10-7-16-12(13-2)14-10/h4-6,10H,7H2,1-3H3,(H,13,14). The van der Waals surface area contributed by atoms with Gasteiger partial charge in [-0.25, -0.2) is 4.99 Å². The van der Waals surface area contributed by atoms with Gasteiger partial charge in [-0.3, -0.25) is 0 Å². The van der Waals surface area contributed by atoms with E-state index in [0.29, 0.717) is 12.6 Å². The van der Waals surface area contributed by atoms with E-state index in [-0.39, 0.29) is 6.04 Å². The first-order valence-electron chi connectivity index (χ1n) is 5.27. The molecule has 1 aliphatic rings. The normalized spacial score (nSPS) is 18.9. The SMILES string of the molecule is CNC1=NC(c2ccc(OC)c(C)c2)CO1. The molecule has 1 aromatic carbocycles. The minimum absolute atomic E-state index is 0.0899. The summed E-state index contributed by atoms with van der Waals surface area (Å²) in [6.07, 6.45) is 0. The van der Waals surface area contributed by atoms with Crippen LogP contribution in [0.2, 0.25) is 0 Å². The molecule has 0 saturated heterocycles. The predicted octanol–water partition coefficient (Wildman–Crippen LogP) is 1.65. The average Bonchev–Trinajstić information content (AvgIpc) is 2.77. The summed E-state index contributed by atoms with van der Waals surface area (Å²) in [5.41, 5.74) is 2.27. The van der Waals surface area contributed by atoms with Gasteiger partial charge in [0.25, 0.3) is 6.02 Å². The zero-order valence-corrected chi connectivity index (χ0v) is 9.78. The summed E-state index contributed by atoms with van der Waals surface area (Å²) in [5.74, 6) is 0.903. The minimum atomic E-state index is 0.0899. The van der Waals surface area contributed by atoms with Crippen molar-refractivity contribution in [3.8, 4) is 5.75 Å². The Bertz CT molecular complexity index is 415. The maximum Gasteiger partial charge on any atom is 0.285 e. The van der Waals surface area contributed by atoms with Gasteiger partial charge in [-0.2, -0.15) is 0 Å². The van der Waals surface area contributed by atoms with Gasteiger partial charge in [0.05, 0.1) is 7.11 Å². The first-order valence-corrected chi connectivity index (χ1v) is 5.27. The molecule has 1 N–H and O–H groups in total. The molecule has 0 radical (unpaired) electrons. The van der Waals surface area contributed by atoms with E-state index in [9.17, 15) is 0 Å². The van der Waals surface area contributed by atoms with Crippen molar-refractivity contribution in [1.29, 1.82) is 0 Å². The second-order valence-corrected chi connectivity index (χ2v) is 3.74. The summed E-state index contributed by atoms with van der Waals surface area (Å²) in [7, 11) is 3.48. The fraction of sp³-hybridized carbons (Fsp3) is 0.417. The molecule has 0 aromatic heterocycles. The van der Waals surface area contributed by atoms with E-state index in [1.807, 2.05) is 19.1 Å². The molecule has 0 spiro atoms. The number of nitrogens with zero attached hydrogens (tertiary/aromatic N) is 1. The fourth-order valence-corrected chi connectivity index (χ4v) is 1.79. The zero-order chi connectivity index (χ0) is 11.5. The molecule has 1 aromatic rings. The second-order valence-electron chi connectivity index (χ2n) is 3.74. The number of hydrogen-bond donors (Lipinski definition) is 1. The lowest BCUT2D eigenvalue weighted by atomic mass is 10.1.